The van der Waals surface area contributed by atoms with E-state index in [-0.39, 0.29) is 25.0 Å². The Morgan fingerprint density at radius 3 is 2.89 bits per heavy atom. The van der Waals surface area contributed by atoms with Crippen molar-refractivity contribution >= 4 is 33.6 Å². The van der Waals surface area contributed by atoms with E-state index < -0.39 is 5.97 Å². The fourth-order valence-corrected chi connectivity index (χ4v) is 4.19. The molecule has 2 aromatic carbocycles. The van der Waals surface area contributed by atoms with E-state index in [2.05, 4.69) is 6.92 Å². The molecule has 0 spiro atoms. The van der Waals surface area contributed by atoms with Gasteiger partial charge < -0.3 is 14.1 Å². The van der Waals surface area contributed by atoms with Crippen LogP contribution in [0.3, 0.4) is 0 Å². The molecule has 0 bridgehead atoms. The molecule has 5 heteroatoms. The number of furan rings is 1. The van der Waals surface area contributed by atoms with Crippen molar-refractivity contribution in [2.75, 3.05) is 13.2 Å². The summed E-state index contributed by atoms with van der Waals surface area (Å²) >= 11 is 0. The van der Waals surface area contributed by atoms with Crippen LogP contribution in [0.4, 0.5) is 0 Å². The average Bonchev–Trinajstić information content (AvgIpc) is 3.15. The van der Waals surface area contributed by atoms with Gasteiger partial charge in [0.1, 0.15) is 5.58 Å². The minimum absolute atomic E-state index is 0.0888. The van der Waals surface area contributed by atoms with Crippen LogP contribution in [0.2, 0.25) is 0 Å². The van der Waals surface area contributed by atoms with Gasteiger partial charge in [-0.05, 0) is 42.5 Å². The molecule has 2 heterocycles. The standard InChI is InChI=1S/C23H25NO4/c1-2-18-8-5-6-12-24(18)21(25)15-28-22(26)13-17-14-27-20-11-10-16-7-3-4-9-19(16)23(17)20/h3-4,7,9-11,14,18H,2,5-6,8,12-13,15H2,1H3. The van der Waals surface area contributed by atoms with Crippen LogP contribution in [-0.4, -0.2) is 36.0 Å². The molecule has 1 unspecified atom stereocenters. The molecule has 1 amide bonds. The smallest absolute Gasteiger partial charge is 0.310 e. The second kappa shape index (κ2) is 8.05. The van der Waals surface area contributed by atoms with E-state index in [4.69, 9.17) is 9.15 Å². The highest BCUT2D eigenvalue weighted by atomic mass is 16.5. The lowest BCUT2D eigenvalue weighted by Crippen LogP contribution is -2.45. The van der Waals surface area contributed by atoms with Gasteiger partial charge in [-0.2, -0.15) is 0 Å². The van der Waals surface area contributed by atoms with Gasteiger partial charge in [-0.3, -0.25) is 9.59 Å². The Balaban J connectivity index is 1.44. The number of fused-ring (bicyclic) bond motifs is 3. The fourth-order valence-electron chi connectivity index (χ4n) is 4.19. The summed E-state index contributed by atoms with van der Waals surface area (Å²) in [5.74, 6) is -0.503. The zero-order valence-electron chi connectivity index (χ0n) is 16.1. The first-order valence-corrected chi connectivity index (χ1v) is 10.00. The summed E-state index contributed by atoms with van der Waals surface area (Å²) in [6.07, 6.45) is 5.84. The van der Waals surface area contributed by atoms with E-state index >= 15 is 0 Å². The van der Waals surface area contributed by atoms with Crippen molar-refractivity contribution < 1.29 is 18.7 Å². The third-order valence-corrected chi connectivity index (χ3v) is 5.65. The second-order valence-corrected chi connectivity index (χ2v) is 7.40. The van der Waals surface area contributed by atoms with Gasteiger partial charge in [0, 0.05) is 23.5 Å². The van der Waals surface area contributed by atoms with E-state index in [1.165, 1.54) is 0 Å². The molecule has 1 aliphatic heterocycles. The van der Waals surface area contributed by atoms with Crippen molar-refractivity contribution in [2.45, 2.75) is 45.1 Å². The van der Waals surface area contributed by atoms with Crippen LogP contribution in [0.1, 0.15) is 38.2 Å². The van der Waals surface area contributed by atoms with Crippen molar-refractivity contribution in [1.82, 2.24) is 4.90 Å². The lowest BCUT2D eigenvalue weighted by Gasteiger charge is -2.35. The summed E-state index contributed by atoms with van der Waals surface area (Å²) in [7, 11) is 0. The minimum Gasteiger partial charge on any atom is -0.464 e. The Morgan fingerprint density at radius 1 is 1.18 bits per heavy atom. The zero-order chi connectivity index (χ0) is 19.5. The maximum atomic E-state index is 12.5. The highest BCUT2D eigenvalue weighted by Gasteiger charge is 2.26. The molecule has 0 N–H and O–H groups in total. The van der Waals surface area contributed by atoms with Crippen molar-refractivity contribution in [2.24, 2.45) is 0 Å². The summed E-state index contributed by atoms with van der Waals surface area (Å²) in [4.78, 5) is 26.8. The van der Waals surface area contributed by atoms with Gasteiger partial charge in [0.2, 0.25) is 0 Å². The third kappa shape index (κ3) is 3.61. The fraction of sp³-hybridized carbons (Fsp3) is 0.391. The molecule has 146 valence electrons. The Bertz CT molecular complexity index is 1010. The molecule has 0 saturated carbocycles. The SMILES string of the molecule is CCC1CCCCN1C(=O)COC(=O)Cc1coc2ccc3ccccc3c12. The molecule has 28 heavy (non-hydrogen) atoms. The average molecular weight is 379 g/mol. The summed E-state index contributed by atoms with van der Waals surface area (Å²) in [5, 5.41) is 3.08. The number of carbonyl (C=O) groups is 2. The number of amides is 1. The maximum absolute atomic E-state index is 12.5. The first kappa shape index (κ1) is 18.5. The summed E-state index contributed by atoms with van der Waals surface area (Å²) in [6, 6.07) is 12.2. The number of hydrogen-bond donors (Lipinski definition) is 0. The van der Waals surface area contributed by atoms with Crippen molar-refractivity contribution in [3.8, 4) is 0 Å². The van der Waals surface area contributed by atoms with Gasteiger partial charge in [-0.25, -0.2) is 0 Å². The molecule has 1 atom stereocenters. The number of ether oxygens (including phenoxy) is 1. The lowest BCUT2D eigenvalue weighted by atomic mass is 10.00. The van der Waals surface area contributed by atoms with Gasteiger partial charge in [-0.15, -0.1) is 0 Å². The van der Waals surface area contributed by atoms with Gasteiger partial charge in [0.15, 0.2) is 6.61 Å². The van der Waals surface area contributed by atoms with Crippen molar-refractivity contribution in [3.05, 3.63) is 48.2 Å². The molecule has 1 fully saturated rings. The number of hydrogen-bond acceptors (Lipinski definition) is 4. The number of likely N-dealkylation sites (tertiary alicyclic amines) is 1. The van der Waals surface area contributed by atoms with E-state index in [9.17, 15) is 9.59 Å². The van der Waals surface area contributed by atoms with Crippen LogP contribution < -0.4 is 0 Å². The van der Waals surface area contributed by atoms with Gasteiger partial charge in [0.25, 0.3) is 5.91 Å². The van der Waals surface area contributed by atoms with Gasteiger partial charge >= 0.3 is 5.97 Å². The molecule has 0 radical (unpaired) electrons. The molecular formula is C23H25NO4. The highest BCUT2D eigenvalue weighted by molar-refractivity contribution is 6.08. The number of benzene rings is 2. The summed E-state index contributed by atoms with van der Waals surface area (Å²) in [6.45, 7) is 2.66. The molecule has 0 aliphatic carbocycles. The van der Waals surface area contributed by atoms with Crippen LogP contribution in [0, 0.1) is 0 Å². The van der Waals surface area contributed by atoms with Crippen LogP contribution in [0.15, 0.2) is 47.1 Å². The Kier molecular flexibility index (Phi) is 5.33. The van der Waals surface area contributed by atoms with Gasteiger partial charge in [-0.1, -0.05) is 37.3 Å². The first-order valence-electron chi connectivity index (χ1n) is 10.00. The molecular weight excluding hydrogens is 354 g/mol. The molecule has 1 aliphatic rings. The Labute approximate surface area is 164 Å². The molecule has 5 nitrogen and oxygen atoms in total. The predicted octanol–water partition coefficient (Wildman–Crippen LogP) is 4.46. The Hall–Kier alpha value is -2.82. The number of rotatable bonds is 5. The first-order chi connectivity index (χ1) is 13.7. The zero-order valence-corrected chi connectivity index (χ0v) is 16.1. The predicted molar refractivity (Wildman–Crippen MR) is 108 cm³/mol. The topological polar surface area (TPSA) is 59.8 Å². The summed E-state index contributed by atoms with van der Waals surface area (Å²) < 4.78 is 10.9. The third-order valence-electron chi connectivity index (χ3n) is 5.65. The van der Waals surface area contributed by atoms with Crippen LogP contribution in [0.25, 0.3) is 21.7 Å². The highest BCUT2D eigenvalue weighted by Crippen LogP contribution is 2.30. The van der Waals surface area contributed by atoms with Crippen molar-refractivity contribution in [1.29, 1.82) is 0 Å². The quantitative estimate of drug-likeness (QED) is 0.614. The van der Waals surface area contributed by atoms with Crippen LogP contribution in [0.5, 0.6) is 0 Å². The van der Waals surface area contributed by atoms with E-state index in [1.807, 2.05) is 41.3 Å². The molecule has 4 rings (SSSR count). The Morgan fingerprint density at radius 2 is 2.04 bits per heavy atom. The molecule has 1 aromatic heterocycles. The number of nitrogens with zero attached hydrogens (tertiary/aromatic N) is 1. The monoisotopic (exact) mass is 379 g/mol. The van der Waals surface area contributed by atoms with E-state index in [0.717, 1.165) is 59.5 Å². The van der Waals surface area contributed by atoms with E-state index in [0.29, 0.717) is 0 Å². The largest absolute Gasteiger partial charge is 0.464 e. The number of esters is 1. The van der Waals surface area contributed by atoms with Crippen LogP contribution in [-0.2, 0) is 20.7 Å². The molecule has 1 saturated heterocycles. The molecule has 3 aromatic rings. The van der Waals surface area contributed by atoms with Crippen LogP contribution >= 0.6 is 0 Å². The minimum atomic E-state index is -0.408. The van der Waals surface area contributed by atoms with Gasteiger partial charge in [0.05, 0.1) is 12.7 Å². The second-order valence-electron chi connectivity index (χ2n) is 7.40. The van der Waals surface area contributed by atoms with Crippen molar-refractivity contribution in [3.63, 3.8) is 0 Å². The maximum Gasteiger partial charge on any atom is 0.310 e. The van der Waals surface area contributed by atoms with E-state index in [1.54, 1.807) is 6.26 Å². The lowest BCUT2D eigenvalue weighted by molar-refractivity contribution is -0.153. The number of carbonyl (C=O) groups excluding carboxylic acids is 2. The summed E-state index contributed by atoms with van der Waals surface area (Å²) in [5.41, 5.74) is 1.53. The normalized spacial score (nSPS) is 17.2. The number of piperidine rings is 1.